The molecule has 1 heterocycles. The summed E-state index contributed by atoms with van der Waals surface area (Å²) in [6.07, 6.45) is 0.822. The van der Waals surface area contributed by atoms with E-state index in [4.69, 9.17) is 14.5 Å². The highest BCUT2D eigenvalue weighted by Crippen LogP contribution is 2.35. The van der Waals surface area contributed by atoms with Crippen LogP contribution in [0.4, 0.5) is 11.5 Å². The van der Waals surface area contributed by atoms with Gasteiger partial charge in [0.1, 0.15) is 11.6 Å². The van der Waals surface area contributed by atoms with Crippen molar-refractivity contribution in [3.63, 3.8) is 0 Å². The highest BCUT2D eigenvalue weighted by molar-refractivity contribution is 5.91. The van der Waals surface area contributed by atoms with Crippen molar-refractivity contribution in [3.05, 3.63) is 48.5 Å². The number of benzene rings is 2. The molecule has 0 radical (unpaired) electrons. The number of aromatic nitrogens is 2. The number of para-hydroxylation sites is 1. The second-order valence-corrected chi connectivity index (χ2v) is 9.56. The van der Waals surface area contributed by atoms with Crippen LogP contribution in [-0.2, 0) is 0 Å². The number of fused-ring (bicyclic) bond motifs is 1. The zero-order chi connectivity index (χ0) is 22.6. The Morgan fingerprint density at radius 1 is 0.935 bits per heavy atom. The van der Waals surface area contributed by atoms with Crippen LogP contribution < -0.4 is 14.4 Å². The van der Waals surface area contributed by atoms with Gasteiger partial charge in [0.25, 0.3) is 0 Å². The quantitative estimate of drug-likeness (QED) is 0.509. The van der Waals surface area contributed by atoms with Crippen LogP contribution >= 0.6 is 0 Å². The summed E-state index contributed by atoms with van der Waals surface area (Å²) in [6, 6.07) is 16.1. The summed E-state index contributed by atoms with van der Waals surface area (Å²) in [6.45, 7) is 8.98. The maximum Gasteiger partial charge on any atom is 0.318 e. The molecule has 6 nitrogen and oxygen atoms in total. The lowest BCUT2D eigenvalue weighted by Crippen LogP contribution is -2.31. The molecule has 0 saturated carbocycles. The minimum absolute atomic E-state index is 0.136. The van der Waals surface area contributed by atoms with Crippen LogP contribution in [0.15, 0.2) is 48.5 Å². The van der Waals surface area contributed by atoms with Crippen molar-refractivity contribution in [2.24, 2.45) is 10.8 Å². The third kappa shape index (κ3) is 5.64. The molecule has 1 N–H and O–H groups in total. The third-order valence-corrected chi connectivity index (χ3v) is 5.32. The summed E-state index contributed by atoms with van der Waals surface area (Å²) < 4.78 is 11.4. The van der Waals surface area contributed by atoms with Gasteiger partial charge in [-0.05, 0) is 53.6 Å². The molecule has 0 spiro atoms. The number of nitrogens with zero attached hydrogens (tertiary/aromatic N) is 3. The fourth-order valence-electron chi connectivity index (χ4n) is 3.95. The Morgan fingerprint density at radius 2 is 1.61 bits per heavy atom. The van der Waals surface area contributed by atoms with Crippen LogP contribution in [0.3, 0.4) is 0 Å². The number of aliphatic hydroxyl groups excluding tert-OH is 1. The van der Waals surface area contributed by atoms with Crippen molar-refractivity contribution in [2.75, 3.05) is 32.3 Å². The van der Waals surface area contributed by atoms with Crippen LogP contribution in [0.2, 0.25) is 0 Å². The van der Waals surface area contributed by atoms with Crippen LogP contribution in [0.25, 0.3) is 10.9 Å². The van der Waals surface area contributed by atoms with Gasteiger partial charge in [0.15, 0.2) is 0 Å². The SMILES string of the molecule is COc1ccc(N(C)c2nc(OCC(C)(C)CC(C)(C)CO)nc3ccccc23)cc1. The maximum atomic E-state index is 9.62. The summed E-state index contributed by atoms with van der Waals surface area (Å²) in [5.41, 5.74) is 1.51. The monoisotopic (exact) mass is 423 g/mol. The standard InChI is InChI=1S/C25H33N3O3/c1-24(2,16-29)15-25(3,4)17-31-23-26-21-10-8-7-9-20(21)22(27-23)28(5)18-11-13-19(30-6)14-12-18/h7-14,29H,15-17H2,1-6H3. The average Bonchev–Trinajstić information content (AvgIpc) is 2.76. The van der Waals surface area contributed by atoms with Crippen LogP contribution in [-0.4, -0.2) is 42.4 Å². The molecule has 0 fully saturated rings. The van der Waals surface area contributed by atoms with Gasteiger partial charge in [-0.2, -0.15) is 9.97 Å². The van der Waals surface area contributed by atoms with Gasteiger partial charge in [-0.3, -0.25) is 0 Å². The summed E-state index contributed by atoms with van der Waals surface area (Å²) in [5, 5.41) is 10.6. The highest BCUT2D eigenvalue weighted by Gasteiger charge is 2.29. The number of hydrogen-bond acceptors (Lipinski definition) is 6. The van der Waals surface area contributed by atoms with Crippen molar-refractivity contribution >= 4 is 22.4 Å². The van der Waals surface area contributed by atoms with Crippen LogP contribution in [0, 0.1) is 10.8 Å². The number of hydrogen-bond donors (Lipinski definition) is 1. The first-order valence-corrected chi connectivity index (χ1v) is 10.5. The molecule has 0 saturated heterocycles. The van der Waals surface area contributed by atoms with E-state index in [0.29, 0.717) is 12.6 Å². The predicted octanol–water partition coefficient (Wildman–Crippen LogP) is 5.22. The van der Waals surface area contributed by atoms with Gasteiger partial charge in [-0.25, -0.2) is 0 Å². The minimum Gasteiger partial charge on any atom is -0.497 e. The largest absolute Gasteiger partial charge is 0.497 e. The summed E-state index contributed by atoms with van der Waals surface area (Å²) in [7, 11) is 3.64. The number of methoxy groups -OCH3 is 1. The maximum absolute atomic E-state index is 9.62. The molecule has 0 aliphatic rings. The van der Waals surface area contributed by atoms with E-state index >= 15 is 0 Å². The van der Waals surface area contributed by atoms with E-state index in [0.717, 1.165) is 34.6 Å². The van der Waals surface area contributed by atoms with E-state index in [9.17, 15) is 5.11 Å². The summed E-state index contributed by atoms with van der Waals surface area (Å²) >= 11 is 0. The fourth-order valence-corrected chi connectivity index (χ4v) is 3.95. The molecule has 6 heteroatoms. The van der Waals surface area contributed by atoms with Crippen LogP contribution in [0.1, 0.15) is 34.1 Å². The van der Waals surface area contributed by atoms with E-state index in [1.807, 2.05) is 60.5 Å². The molecule has 2 aromatic carbocycles. The van der Waals surface area contributed by atoms with Gasteiger partial charge in [0, 0.05) is 24.7 Å². The van der Waals surface area contributed by atoms with Gasteiger partial charge in [-0.1, -0.05) is 39.8 Å². The van der Waals surface area contributed by atoms with E-state index in [-0.39, 0.29) is 17.4 Å². The molecule has 3 rings (SSSR count). The highest BCUT2D eigenvalue weighted by atomic mass is 16.5. The second kappa shape index (κ2) is 9.10. The third-order valence-electron chi connectivity index (χ3n) is 5.32. The Kier molecular flexibility index (Phi) is 6.70. The molecule has 0 bridgehead atoms. The average molecular weight is 424 g/mol. The van der Waals surface area contributed by atoms with E-state index in [1.165, 1.54) is 0 Å². The van der Waals surface area contributed by atoms with Crippen LogP contribution in [0.5, 0.6) is 11.8 Å². The molecule has 0 amide bonds. The molecule has 166 valence electrons. The number of aliphatic hydroxyl groups is 1. The zero-order valence-electron chi connectivity index (χ0n) is 19.3. The topological polar surface area (TPSA) is 67.7 Å². The normalized spacial score (nSPS) is 12.1. The Balaban J connectivity index is 1.90. The molecule has 0 aliphatic carbocycles. The first-order chi connectivity index (χ1) is 14.6. The summed E-state index contributed by atoms with van der Waals surface area (Å²) in [4.78, 5) is 11.4. The van der Waals surface area contributed by atoms with Gasteiger partial charge in [-0.15, -0.1) is 0 Å². The molecule has 0 unspecified atom stereocenters. The predicted molar refractivity (Wildman–Crippen MR) is 125 cm³/mol. The van der Waals surface area contributed by atoms with Gasteiger partial charge >= 0.3 is 6.01 Å². The molecule has 31 heavy (non-hydrogen) atoms. The molecule has 1 aromatic heterocycles. The Morgan fingerprint density at radius 3 is 2.26 bits per heavy atom. The van der Waals surface area contributed by atoms with Gasteiger partial charge in [0.05, 0.1) is 19.2 Å². The van der Waals surface area contributed by atoms with Gasteiger partial charge in [0.2, 0.25) is 0 Å². The zero-order valence-corrected chi connectivity index (χ0v) is 19.3. The first kappa shape index (κ1) is 22.8. The van der Waals surface area contributed by atoms with Gasteiger partial charge < -0.3 is 19.5 Å². The molecule has 0 atom stereocenters. The molecular weight excluding hydrogens is 390 g/mol. The fraction of sp³-hybridized carbons (Fsp3) is 0.440. The lowest BCUT2D eigenvalue weighted by molar-refractivity contribution is 0.0700. The summed E-state index contributed by atoms with van der Waals surface area (Å²) in [5.74, 6) is 1.58. The van der Waals surface area contributed by atoms with Crippen molar-refractivity contribution in [1.29, 1.82) is 0 Å². The number of rotatable bonds is 9. The molecule has 0 aliphatic heterocycles. The van der Waals surface area contributed by atoms with E-state index < -0.39 is 0 Å². The van der Waals surface area contributed by atoms with Crippen molar-refractivity contribution in [3.8, 4) is 11.8 Å². The first-order valence-electron chi connectivity index (χ1n) is 10.5. The van der Waals surface area contributed by atoms with Crippen molar-refractivity contribution in [2.45, 2.75) is 34.1 Å². The second-order valence-electron chi connectivity index (χ2n) is 9.56. The minimum atomic E-state index is -0.170. The Bertz CT molecular complexity index is 1020. The van der Waals surface area contributed by atoms with E-state index in [1.54, 1.807) is 7.11 Å². The number of anilines is 2. The Hall–Kier alpha value is -2.86. The number of ether oxygens (including phenoxy) is 2. The van der Waals surface area contributed by atoms with E-state index in [2.05, 4.69) is 32.7 Å². The lowest BCUT2D eigenvalue weighted by Gasteiger charge is -2.33. The lowest BCUT2D eigenvalue weighted by atomic mass is 9.76. The van der Waals surface area contributed by atoms with Crippen molar-refractivity contribution < 1.29 is 14.6 Å². The molecule has 3 aromatic rings. The molecular formula is C25H33N3O3. The smallest absolute Gasteiger partial charge is 0.318 e. The van der Waals surface area contributed by atoms with Crippen molar-refractivity contribution in [1.82, 2.24) is 9.97 Å². The Labute approximate surface area is 184 Å².